The van der Waals surface area contributed by atoms with Crippen LogP contribution in [0.1, 0.15) is 54.6 Å². The van der Waals surface area contributed by atoms with E-state index in [1.54, 1.807) is 10.7 Å². The number of carbonyl (C=O) groups is 2. The molecule has 1 aliphatic carbocycles. The van der Waals surface area contributed by atoms with Gasteiger partial charge in [-0.1, -0.05) is 67.6 Å². The fourth-order valence-electron chi connectivity index (χ4n) is 5.87. The highest BCUT2D eigenvalue weighted by atomic mass is 19.1. The molecule has 8 heteroatoms. The molecule has 0 radical (unpaired) electrons. The van der Waals surface area contributed by atoms with E-state index in [0.29, 0.717) is 16.8 Å². The molecule has 1 saturated heterocycles. The summed E-state index contributed by atoms with van der Waals surface area (Å²) in [4.78, 5) is 28.4. The number of para-hydroxylation sites is 1. The number of aromatic nitrogens is 2. The Morgan fingerprint density at radius 1 is 1.05 bits per heavy atom. The Morgan fingerprint density at radius 3 is 2.50 bits per heavy atom. The fraction of sp³-hybridized carbons (Fsp3) is 0.344. The zero-order valence-electron chi connectivity index (χ0n) is 22.6. The van der Waals surface area contributed by atoms with Crippen LogP contribution in [0.5, 0.6) is 0 Å². The van der Waals surface area contributed by atoms with E-state index in [0.717, 1.165) is 29.3 Å². The third kappa shape index (κ3) is 4.87. The van der Waals surface area contributed by atoms with Crippen molar-refractivity contribution in [1.29, 1.82) is 0 Å². The van der Waals surface area contributed by atoms with Gasteiger partial charge in [-0.3, -0.25) is 14.3 Å². The topological polar surface area (TPSA) is 67.2 Å². The summed E-state index contributed by atoms with van der Waals surface area (Å²) < 4.78 is 31.6. The van der Waals surface area contributed by atoms with E-state index in [1.807, 2.05) is 74.6 Å². The van der Waals surface area contributed by atoms with E-state index in [2.05, 4.69) is 10.4 Å². The molecule has 40 heavy (non-hydrogen) atoms. The molecule has 2 fully saturated rings. The Kier molecular flexibility index (Phi) is 6.64. The Morgan fingerprint density at radius 2 is 1.77 bits per heavy atom. The second-order valence-corrected chi connectivity index (χ2v) is 11.3. The number of fused-ring (bicyclic) bond motifs is 1. The molecule has 0 bridgehead atoms. The Balaban J connectivity index is 1.25. The molecule has 3 atom stereocenters. The van der Waals surface area contributed by atoms with Crippen molar-refractivity contribution in [3.63, 3.8) is 0 Å². The molecule has 6 nitrogen and oxygen atoms in total. The maximum atomic E-state index is 15.2. The van der Waals surface area contributed by atoms with Gasteiger partial charge in [-0.2, -0.15) is 5.10 Å². The molecule has 2 heterocycles. The lowest BCUT2D eigenvalue weighted by Gasteiger charge is -2.27. The van der Waals surface area contributed by atoms with Crippen molar-refractivity contribution in [3.05, 3.63) is 101 Å². The number of aryl methyl sites for hydroxylation is 1. The standard InChI is InChI=1S/C32H32F2N4O2/c1-32(14-15-32)24-13-12-21(16-25(24)34)30(20-8-4-3-5-9-20)35-31(40)28-17-22(33)19-38(28)29(39)18-26-23-10-6-7-11-27(23)37(2)36-26/h3-13,16,22,28,30H,14-15,17-19H2,1-2H3,(H,35,40). The number of nitrogens with zero attached hydrogens (tertiary/aromatic N) is 3. The lowest BCUT2D eigenvalue weighted by molar-refractivity contribution is -0.138. The Hall–Kier alpha value is -4.07. The molecule has 0 spiro atoms. The number of carbonyl (C=O) groups excluding carboxylic acids is 2. The molecule has 1 saturated carbocycles. The predicted molar refractivity (Wildman–Crippen MR) is 149 cm³/mol. The van der Waals surface area contributed by atoms with Gasteiger partial charge in [0.15, 0.2) is 0 Å². The van der Waals surface area contributed by atoms with Gasteiger partial charge in [-0.05, 0) is 47.1 Å². The number of rotatable bonds is 7. The van der Waals surface area contributed by atoms with Crippen LogP contribution in [0.2, 0.25) is 0 Å². The van der Waals surface area contributed by atoms with Crippen molar-refractivity contribution in [2.45, 2.75) is 56.3 Å². The van der Waals surface area contributed by atoms with Crippen molar-refractivity contribution >= 4 is 22.7 Å². The van der Waals surface area contributed by atoms with Crippen molar-refractivity contribution in [3.8, 4) is 0 Å². The molecule has 3 aromatic carbocycles. The van der Waals surface area contributed by atoms with E-state index < -0.39 is 24.2 Å². The van der Waals surface area contributed by atoms with E-state index >= 15 is 4.39 Å². The molecular formula is C32H32F2N4O2. The quantitative estimate of drug-likeness (QED) is 0.351. The molecular weight excluding hydrogens is 510 g/mol. The third-order valence-corrected chi connectivity index (χ3v) is 8.42. The SMILES string of the molecule is Cn1nc(CC(=O)N2CC(F)CC2C(=O)NC(c2ccccc2)c2ccc(C3(C)CC3)c(F)c2)c2ccccc21. The van der Waals surface area contributed by atoms with Gasteiger partial charge in [-0.15, -0.1) is 0 Å². The second kappa shape index (κ2) is 10.2. The molecule has 2 amide bonds. The Labute approximate surface area is 232 Å². The minimum absolute atomic E-state index is 0.0363. The molecule has 206 valence electrons. The average Bonchev–Trinajstić information content (AvgIpc) is 3.45. The Bertz CT molecular complexity index is 1580. The van der Waals surface area contributed by atoms with Crippen LogP contribution in [-0.4, -0.2) is 45.3 Å². The van der Waals surface area contributed by atoms with Crippen molar-refractivity contribution in [2.75, 3.05) is 6.54 Å². The molecule has 1 aromatic heterocycles. The van der Waals surface area contributed by atoms with Crippen LogP contribution < -0.4 is 5.32 Å². The van der Waals surface area contributed by atoms with Crippen molar-refractivity contribution in [1.82, 2.24) is 20.0 Å². The number of alkyl halides is 1. The van der Waals surface area contributed by atoms with E-state index in [4.69, 9.17) is 0 Å². The first kappa shape index (κ1) is 26.2. The third-order valence-electron chi connectivity index (χ3n) is 8.42. The van der Waals surface area contributed by atoms with Gasteiger partial charge in [0.1, 0.15) is 18.0 Å². The highest BCUT2D eigenvalue weighted by Gasteiger charge is 2.42. The number of benzene rings is 3. The summed E-state index contributed by atoms with van der Waals surface area (Å²) in [7, 11) is 1.81. The maximum absolute atomic E-state index is 15.2. The summed E-state index contributed by atoms with van der Waals surface area (Å²) in [6.45, 7) is 1.90. The van der Waals surface area contributed by atoms with E-state index in [1.165, 1.54) is 11.0 Å². The summed E-state index contributed by atoms with van der Waals surface area (Å²) in [6.07, 6.45) is 0.462. The lowest BCUT2D eigenvalue weighted by Crippen LogP contribution is -2.47. The number of likely N-dealkylation sites (tertiary alicyclic amines) is 1. The highest BCUT2D eigenvalue weighted by molar-refractivity contribution is 5.92. The van der Waals surface area contributed by atoms with Crippen LogP contribution in [0, 0.1) is 5.82 Å². The van der Waals surface area contributed by atoms with Crippen LogP contribution in [-0.2, 0) is 28.5 Å². The minimum atomic E-state index is -1.31. The average molecular weight is 543 g/mol. The van der Waals surface area contributed by atoms with Crippen molar-refractivity contribution in [2.24, 2.45) is 7.05 Å². The maximum Gasteiger partial charge on any atom is 0.243 e. The smallest absolute Gasteiger partial charge is 0.243 e. The van der Waals surface area contributed by atoms with Crippen molar-refractivity contribution < 1.29 is 18.4 Å². The van der Waals surface area contributed by atoms with Gasteiger partial charge < -0.3 is 10.2 Å². The normalized spacial score (nSPS) is 20.4. The molecule has 4 aromatic rings. The summed E-state index contributed by atoms with van der Waals surface area (Å²) in [5, 5.41) is 8.36. The number of hydrogen-bond donors (Lipinski definition) is 1. The van der Waals surface area contributed by atoms with Crippen LogP contribution in [0.15, 0.2) is 72.8 Å². The predicted octanol–water partition coefficient (Wildman–Crippen LogP) is 5.15. The van der Waals surface area contributed by atoms with Gasteiger partial charge in [0.2, 0.25) is 11.8 Å². The number of nitrogens with one attached hydrogen (secondary N) is 1. The highest BCUT2D eigenvalue weighted by Crippen LogP contribution is 2.48. The molecule has 3 unspecified atom stereocenters. The first-order chi connectivity index (χ1) is 19.2. The first-order valence-electron chi connectivity index (χ1n) is 13.7. The van der Waals surface area contributed by atoms with Gasteiger partial charge >= 0.3 is 0 Å². The van der Waals surface area contributed by atoms with Crippen LogP contribution in [0.4, 0.5) is 8.78 Å². The van der Waals surface area contributed by atoms with Gasteiger partial charge in [-0.25, -0.2) is 8.78 Å². The summed E-state index contributed by atoms with van der Waals surface area (Å²) in [5.41, 5.74) is 3.40. The summed E-state index contributed by atoms with van der Waals surface area (Å²) >= 11 is 0. The monoisotopic (exact) mass is 542 g/mol. The summed E-state index contributed by atoms with van der Waals surface area (Å²) in [5.74, 6) is -1.11. The van der Waals surface area contributed by atoms with Crippen LogP contribution in [0.3, 0.4) is 0 Å². The largest absolute Gasteiger partial charge is 0.343 e. The number of halogens is 2. The first-order valence-corrected chi connectivity index (χ1v) is 13.7. The fourth-order valence-corrected chi connectivity index (χ4v) is 5.87. The molecule has 1 aliphatic heterocycles. The minimum Gasteiger partial charge on any atom is -0.343 e. The molecule has 1 N–H and O–H groups in total. The van der Waals surface area contributed by atoms with Gasteiger partial charge in [0.05, 0.1) is 30.2 Å². The second-order valence-electron chi connectivity index (χ2n) is 11.3. The zero-order chi connectivity index (χ0) is 28.0. The lowest BCUT2D eigenvalue weighted by atomic mass is 9.92. The zero-order valence-corrected chi connectivity index (χ0v) is 22.6. The molecule has 2 aliphatic rings. The van der Waals surface area contributed by atoms with E-state index in [9.17, 15) is 14.0 Å². The molecule has 6 rings (SSSR count). The number of amides is 2. The van der Waals surface area contributed by atoms with Gasteiger partial charge in [0.25, 0.3) is 0 Å². The van der Waals surface area contributed by atoms with Gasteiger partial charge in [0, 0.05) is 18.9 Å². The van der Waals surface area contributed by atoms with Crippen LogP contribution in [0.25, 0.3) is 10.9 Å². The number of hydrogen-bond acceptors (Lipinski definition) is 3. The van der Waals surface area contributed by atoms with E-state index in [-0.39, 0.29) is 36.5 Å². The van der Waals surface area contributed by atoms with Crippen LogP contribution >= 0.6 is 0 Å². The summed E-state index contributed by atoms with van der Waals surface area (Å²) in [6, 6.07) is 20.4.